The Kier molecular flexibility index (Phi) is 7.37. The summed E-state index contributed by atoms with van der Waals surface area (Å²) in [6, 6.07) is 22.5. The van der Waals surface area contributed by atoms with Crippen LogP contribution in [0.2, 0.25) is 0 Å². The molecule has 0 heterocycles. The van der Waals surface area contributed by atoms with Gasteiger partial charge in [-0.05, 0) is 42.3 Å². The highest BCUT2D eigenvalue weighted by Gasteiger charge is 2.16. The second kappa shape index (κ2) is 10.6. The maximum absolute atomic E-state index is 12.1. The number of carbonyl (C=O) groups excluding carboxylic acids is 2. The van der Waals surface area contributed by atoms with Crippen LogP contribution in [-0.4, -0.2) is 29.4 Å². The van der Waals surface area contributed by atoms with Gasteiger partial charge in [-0.3, -0.25) is 30.6 Å². The molecule has 0 fully saturated rings. The first-order valence-corrected chi connectivity index (χ1v) is 9.70. The van der Waals surface area contributed by atoms with Gasteiger partial charge in [0.15, 0.2) is 12.7 Å². The van der Waals surface area contributed by atoms with Crippen molar-refractivity contribution < 1.29 is 24.0 Å². The highest BCUT2D eigenvalue weighted by atomic mass is 16.6. The molecule has 32 heavy (non-hydrogen) atoms. The van der Waals surface area contributed by atoms with Gasteiger partial charge in [-0.15, -0.1) is 0 Å². The lowest BCUT2D eigenvalue weighted by molar-refractivity contribution is -0.384. The first kappa shape index (κ1) is 22.3. The van der Waals surface area contributed by atoms with Gasteiger partial charge in [-0.1, -0.05) is 42.5 Å². The smallest absolute Gasteiger partial charge is 0.279 e. The molecule has 1 atom stereocenters. The third-order valence-electron chi connectivity index (χ3n) is 4.39. The molecule has 0 saturated heterocycles. The summed E-state index contributed by atoms with van der Waals surface area (Å²) in [6.45, 7) is 1.19. The molecule has 0 saturated carbocycles. The van der Waals surface area contributed by atoms with Gasteiger partial charge in [0.25, 0.3) is 17.5 Å². The molecule has 0 bridgehead atoms. The number of nitrogens with zero attached hydrogens (tertiary/aromatic N) is 1. The number of nitro groups is 1. The lowest BCUT2D eigenvalue weighted by Crippen LogP contribution is -2.48. The summed E-state index contributed by atoms with van der Waals surface area (Å²) in [5, 5.41) is 10.7. The Morgan fingerprint density at radius 2 is 1.47 bits per heavy atom. The predicted molar refractivity (Wildman–Crippen MR) is 117 cm³/mol. The van der Waals surface area contributed by atoms with Crippen molar-refractivity contribution in [1.82, 2.24) is 10.9 Å². The van der Waals surface area contributed by atoms with E-state index < -0.39 is 22.8 Å². The standard InChI is InChI=1S/C23H21N3O6/c1-16(32-21-13-9-19(10-14-21)26(29)30)23(28)25-24-22(27)15-31-20-11-7-18(8-12-20)17-5-3-2-4-6-17/h2-14,16H,15H2,1H3,(H,24,27)(H,25,28). The first-order valence-electron chi connectivity index (χ1n) is 9.70. The molecule has 3 rings (SSSR count). The third kappa shape index (κ3) is 6.30. The van der Waals surface area contributed by atoms with E-state index in [0.717, 1.165) is 11.1 Å². The maximum Gasteiger partial charge on any atom is 0.279 e. The van der Waals surface area contributed by atoms with Gasteiger partial charge in [-0.2, -0.15) is 0 Å². The molecule has 9 heteroatoms. The fraction of sp³-hybridized carbons (Fsp3) is 0.130. The van der Waals surface area contributed by atoms with E-state index in [1.54, 1.807) is 12.1 Å². The van der Waals surface area contributed by atoms with Crippen molar-refractivity contribution in [3.05, 3.63) is 89.0 Å². The second-order valence-corrected chi connectivity index (χ2v) is 6.73. The fourth-order valence-electron chi connectivity index (χ4n) is 2.70. The predicted octanol–water partition coefficient (Wildman–Crippen LogP) is 3.26. The van der Waals surface area contributed by atoms with Gasteiger partial charge in [0.2, 0.25) is 0 Å². The minimum absolute atomic E-state index is 0.0866. The monoisotopic (exact) mass is 435 g/mol. The highest BCUT2D eigenvalue weighted by Crippen LogP contribution is 2.22. The molecule has 3 aromatic rings. The SMILES string of the molecule is CC(Oc1ccc([N+](=O)[O-])cc1)C(=O)NNC(=O)COc1ccc(-c2ccccc2)cc1. The van der Waals surface area contributed by atoms with E-state index in [1.807, 2.05) is 42.5 Å². The topological polar surface area (TPSA) is 120 Å². The maximum atomic E-state index is 12.1. The van der Waals surface area contributed by atoms with Crippen LogP contribution in [0.3, 0.4) is 0 Å². The van der Waals surface area contributed by atoms with Crippen LogP contribution in [0.25, 0.3) is 11.1 Å². The van der Waals surface area contributed by atoms with Crippen molar-refractivity contribution in [2.24, 2.45) is 0 Å². The van der Waals surface area contributed by atoms with Gasteiger partial charge in [0, 0.05) is 12.1 Å². The molecule has 9 nitrogen and oxygen atoms in total. The number of amides is 2. The zero-order valence-electron chi connectivity index (χ0n) is 17.2. The van der Waals surface area contributed by atoms with Crippen molar-refractivity contribution in [3.8, 4) is 22.6 Å². The number of hydrogen-bond acceptors (Lipinski definition) is 6. The molecule has 2 N–H and O–H groups in total. The van der Waals surface area contributed by atoms with Crippen LogP contribution in [0.15, 0.2) is 78.9 Å². The number of hydrogen-bond donors (Lipinski definition) is 2. The van der Waals surface area contributed by atoms with Gasteiger partial charge < -0.3 is 9.47 Å². The van der Waals surface area contributed by atoms with Gasteiger partial charge >= 0.3 is 0 Å². The van der Waals surface area contributed by atoms with Crippen molar-refractivity contribution in [2.75, 3.05) is 6.61 Å². The largest absolute Gasteiger partial charge is 0.484 e. The van der Waals surface area contributed by atoms with E-state index >= 15 is 0 Å². The molecule has 1 unspecified atom stereocenters. The summed E-state index contributed by atoms with van der Waals surface area (Å²) < 4.78 is 10.8. The molecule has 3 aromatic carbocycles. The van der Waals surface area contributed by atoms with E-state index in [-0.39, 0.29) is 18.0 Å². The minimum atomic E-state index is -0.941. The number of benzene rings is 3. The number of nitro benzene ring substituents is 1. The average molecular weight is 435 g/mol. The average Bonchev–Trinajstić information content (AvgIpc) is 2.82. The van der Waals surface area contributed by atoms with Crippen LogP contribution >= 0.6 is 0 Å². The molecule has 0 aliphatic carbocycles. The van der Waals surface area contributed by atoms with E-state index in [9.17, 15) is 19.7 Å². The molecular weight excluding hydrogens is 414 g/mol. The van der Waals surface area contributed by atoms with Crippen LogP contribution in [0, 0.1) is 10.1 Å². The Hall–Kier alpha value is -4.40. The van der Waals surface area contributed by atoms with Gasteiger partial charge in [0.05, 0.1) is 4.92 Å². The molecule has 0 spiro atoms. The van der Waals surface area contributed by atoms with Crippen molar-refractivity contribution in [1.29, 1.82) is 0 Å². The van der Waals surface area contributed by atoms with E-state index in [1.165, 1.54) is 31.2 Å². The summed E-state index contributed by atoms with van der Waals surface area (Å²) in [4.78, 5) is 34.1. The van der Waals surface area contributed by atoms with E-state index in [2.05, 4.69) is 10.9 Å². The Morgan fingerprint density at radius 3 is 2.09 bits per heavy atom. The number of ether oxygens (including phenoxy) is 2. The van der Waals surface area contributed by atoms with E-state index in [0.29, 0.717) is 5.75 Å². The third-order valence-corrected chi connectivity index (χ3v) is 4.39. The molecule has 0 aromatic heterocycles. The number of rotatable bonds is 8. The van der Waals surface area contributed by atoms with Crippen LogP contribution in [0.1, 0.15) is 6.92 Å². The molecule has 164 valence electrons. The Balaban J connectivity index is 1.41. The molecule has 0 radical (unpaired) electrons. The van der Waals surface area contributed by atoms with Crippen LogP contribution in [0.5, 0.6) is 11.5 Å². The van der Waals surface area contributed by atoms with Crippen molar-refractivity contribution in [2.45, 2.75) is 13.0 Å². The fourth-order valence-corrected chi connectivity index (χ4v) is 2.70. The quantitative estimate of drug-likeness (QED) is 0.414. The summed E-state index contributed by atoms with van der Waals surface area (Å²) in [6.07, 6.45) is -0.941. The number of nitrogens with one attached hydrogen (secondary N) is 2. The van der Waals surface area contributed by atoms with Crippen LogP contribution < -0.4 is 20.3 Å². The lowest BCUT2D eigenvalue weighted by Gasteiger charge is -2.15. The minimum Gasteiger partial charge on any atom is -0.484 e. The number of carbonyl (C=O) groups is 2. The van der Waals surface area contributed by atoms with Crippen molar-refractivity contribution in [3.63, 3.8) is 0 Å². The zero-order chi connectivity index (χ0) is 22.9. The second-order valence-electron chi connectivity index (χ2n) is 6.73. The summed E-state index contributed by atoms with van der Waals surface area (Å²) in [7, 11) is 0. The first-order chi connectivity index (χ1) is 15.4. The molecule has 0 aliphatic rings. The van der Waals surface area contributed by atoms with Crippen LogP contribution in [-0.2, 0) is 9.59 Å². The summed E-state index contributed by atoms with van der Waals surface area (Å²) in [5.74, 6) is -0.343. The summed E-state index contributed by atoms with van der Waals surface area (Å²) in [5.41, 5.74) is 6.51. The molecule has 2 amide bonds. The van der Waals surface area contributed by atoms with Gasteiger partial charge in [0.1, 0.15) is 11.5 Å². The number of non-ortho nitro benzene ring substituents is 1. The lowest BCUT2D eigenvalue weighted by atomic mass is 10.1. The van der Waals surface area contributed by atoms with Crippen LogP contribution in [0.4, 0.5) is 5.69 Å². The highest BCUT2D eigenvalue weighted by molar-refractivity contribution is 5.85. The molecular formula is C23H21N3O6. The van der Waals surface area contributed by atoms with Gasteiger partial charge in [-0.25, -0.2) is 0 Å². The Labute approximate surface area is 184 Å². The molecule has 0 aliphatic heterocycles. The Bertz CT molecular complexity index is 1070. The zero-order valence-corrected chi connectivity index (χ0v) is 17.2. The summed E-state index contributed by atoms with van der Waals surface area (Å²) >= 11 is 0. The van der Waals surface area contributed by atoms with E-state index in [4.69, 9.17) is 9.47 Å². The van der Waals surface area contributed by atoms with Crippen molar-refractivity contribution >= 4 is 17.5 Å². The number of hydrazine groups is 1. The Morgan fingerprint density at radius 1 is 0.875 bits per heavy atom. The normalized spacial score (nSPS) is 11.2.